The minimum absolute atomic E-state index is 0.218. The Morgan fingerprint density at radius 1 is 1.13 bits per heavy atom. The summed E-state index contributed by atoms with van der Waals surface area (Å²) < 4.78 is 5.79. The number of hydrogen-bond donors (Lipinski definition) is 2. The van der Waals surface area contributed by atoms with Gasteiger partial charge >= 0.3 is 0 Å². The molecule has 0 unspecified atom stereocenters. The van der Waals surface area contributed by atoms with Crippen LogP contribution < -0.4 is 4.74 Å². The first-order valence-electron chi connectivity index (χ1n) is 10.8. The molecule has 31 heavy (non-hydrogen) atoms. The van der Waals surface area contributed by atoms with Gasteiger partial charge in [-0.3, -0.25) is 9.89 Å². The van der Waals surface area contributed by atoms with E-state index in [4.69, 9.17) is 4.74 Å². The topological polar surface area (TPSA) is 74.0 Å². The molecule has 1 aliphatic heterocycles. The fourth-order valence-electron chi connectivity index (χ4n) is 4.31. The Labute approximate surface area is 181 Å². The SMILES string of the molecule is O=C(CCc1c[nH]c2ccccc12)N1CC[C@H](c2cc(COc3ccccc3)[nH]n2)C1. The number of fused-ring (bicyclic) bond motifs is 1. The molecule has 158 valence electrons. The second-order valence-corrected chi connectivity index (χ2v) is 8.10. The highest BCUT2D eigenvalue weighted by Crippen LogP contribution is 2.27. The average molecular weight is 415 g/mol. The average Bonchev–Trinajstić information content (AvgIpc) is 3.56. The molecule has 6 heteroatoms. The molecule has 5 rings (SSSR count). The summed E-state index contributed by atoms with van der Waals surface area (Å²) >= 11 is 0. The Morgan fingerprint density at radius 2 is 1.97 bits per heavy atom. The fraction of sp³-hybridized carbons (Fsp3) is 0.280. The summed E-state index contributed by atoms with van der Waals surface area (Å²) in [6, 6.07) is 20.0. The van der Waals surface area contributed by atoms with E-state index in [1.54, 1.807) is 0 Å². The van der Waals surface area contributed by atoms with Gasteiger partial charge in [0.15, 0.2) is 0 Å². The molecule has 0 radical (unpaired) electrons. The lowest BCUT2D eigenvalue weighted by Crippen LogP contribution is -2.28. The van der Waals surface area contributed by atoms with Crippen LogP contribution in [-0.4, -0.2) is 39.1 Å². The van der Waals surface area contributed by atoms with Crippen LogP contribution in [0, 0.1) is 0 Å². The quantitative estimate of drug-likeness (QED) is 0.470. The Morgan fingerprint density at radius 3 is 2.87 bits per heavy atom. The van der Waals surface area contributed by atoms with Crippen LogP contribution in [0.5, 0.6) is 5.75 Å². The van der Waals surface area contributed by atoms with Gasteiger partial charge in [-0.25, -0.2) is 0 Å². The van der Waals surface area contributed by atoms with Crippen LogP contribution in [0.1, 0.15) is 35.7 Å². The lowest BCUT2D eigenvalue weighted by atomic mass is 10.1. The zero-order valence-corrected chi connectivity index (χ0v) is 17.4. The number of nitrogens with zero attached hydrogens (tertiary/aromatic N) is 2. The number of aryl methyl sites for hydroxylation is 1. The van der Waals surface area contributed by atoms with Crippen LogP contribution in [0.3, 0.4) is 0 Å². The summed E-state index contributed by atoms with van der Waals surface area (Å²) in [4.78, 5) is 18.1. The van der Waals surface area contributed by atoms with Gasteiger partial charge in [-0.05, 0) is 42.7 Å². The number of rotatable bonds is 7. The van der Waals surface area contributed by atoms with Crippen LogP contribution in [0.25, 0.3) is 10.9 Å². The molecule has 0 saturated carbocycles. The van der Waals surface area contributed by atoms with Crippen molar-refractivity contribution < 1.29 is 9.53 Å². The number of aromatic amines is 2. The Kier molecular flexibility index (Phi) is 5.44. The standard InChI is InChI=1S/C25H26N4O2/c30-25(11-10-18-15-26-23-9-5-4-8-22(18)23)29-13-12-19(16-29)24-14-20(27-28-24)17-31-21-6-2-1-3-7-21/h1-9,14-15,19,26H,10-13,16-17H2,(H,27,28)/t19-/m0/s1. The first-order chi connectivity index (χ1) is 15.3. The Balaban J connectivity index is 1.14. The molecule has 1 amide bonds. The summed E-state index contributed by atoms with van der Waals surface area (Å²) in [5, 5.41) is 8.76. The lowest BCUT2D eigenvalue weighted by Gasteiger charge is -2.16. The third-order valence-corrected chi connectivity index (χ3v) is 6.03. The maximum Gasteiger partial charge on any atom is 0.222 e. The second-order valence-electron chi connectivity index (χ2n) is 8.10. The molecule has 1 aliphatic rings. The van der Waals surface area contributed by atoms with Crippen LogP contribution >= 0.6 is 0 Å². The van der Waals surface area contributed by atoms with E-state index in [2.05, 4.69) is 33.4 Å². The van der Waals surface area contributed by atoms with Gasteiger partial charge in [-0.15, -0.1) is 0 Å². The number of likely N-dealkylation sites (tertiary alicyclic amines) is 1. The summed E-state index contributed by atoms with van der Waals surface area (Å²) in [7, 11) is 0. The number of aromatic nitrogens is 3. The molecule has 4 aromatic rings. The van der Waals surface area contributed by atoms with Gasteiger partial charge in [0.1, 0.15) is 12.4 Å². The molecule has 1 atom stereocenters. The zero-order chi connectivity index (χ0) is 21.0. The van der Waals surface area contributed by atoms with Gasteiger partial charge in [0.25, 0.3) is 0 Å². The molecule has 1 fully saturated rings. The van der Waals surface area contributed by atoms with Crippen molar-refractivity contribution in [1.82, 2.24) is 20.1 Å². The van der Waals surface area contributed by atoms with Gasteiger partial charge in [0.2, 0.25) is 5.91 Å². The number of carbonyl (C=O) groups is 1. The van der Waals surface area contributed by atoms with E-state index < -0.39 is 0 Å². The number of nitrogens with one attached hydrogen (secondary N) is 2. The van der Waals surface area contributed by atoms with Crippen molar-refractivity contribution in [3.63, 3.8) is 0 Å². The first kappa shape index (κ1) is 19.4. The molecule has 3 heterocycles. The van der Waals surface area contributed by atoms with E-state index >= 15 is 0 Å². The van der Waals surface area contributed by atoms with Crippen molar-refractivity contribution in [3.05, 3.63) is 83.8 Å². The molecular weight excluding hydrogens is 388 g/mol. The van der Waals surface area contributed by atoms with Gasteiger partial charge in [-0.1, -0.05) is 36.4 Å². The molecule has 2 aromatic carbocycles. The van der Waals surface area contributed by atoms with E-state index in [9.17, 15) is 4.79 Å². The number of amides is 1. The van der Waals surface area contributed by atoms with Crippen LogP contribution in [0.2, 0.25) is 0 Å². The Hall–Kier alpha value is -3.54. The van der Waals surface area contributed by atoms with E-state index in [0.29, 0.717) is 13.0 Å². The van der Waals surface area contributed by atoms with Gasteiger partial charge in [0, 0.05) is 42.5 Å². The van der Waals surface area contributed by atoms with E-state index in [-0.39, 0.29) is 11.8 Å². The van der Waals surface area contributed by atoms with Gasteiger partial charge in [0.05, 0.1) is 11.4 Å². The third kappa shape index (κ3) is 4.33. The predicted molar refractivity (Wildman–Crippen MR) is 120 cm³/mol. The predicted octanol–water partition coefficient (Wildman–Crippen LogP) is 4.42. The number of H-pyrrole nitrogens is 2. The highest BCUT2D eigenvalue weighted by Gasteiger charge is 2.28. The molecule has 2 aromatic heterocycles. The zero-order valence-electron chi connectivity index (χ0n) is 17.4. The van der Waals surface area contributed by atoms with Crippen molar-refractivity contribution in [1.29, 1.82) is 0 Å². The monoisotopic (exact) mass is 414 g/mol. The number of benzene rings is 2. The largest absolute Gasteiger partial charge is 0.487 e. The molecule has 0 spiro atoms. The highest BCUT2D eigenvalue weighted by atomic mass is 16.5. The molecule has 0 aliphatic carbocycles. The summed E-state index contributed by atoms with van der Waals surface area (Å²) in [5.41, 5.74) is 4.29. The third-order valence-electron chi connectivity index (χ3n) is 6.03. The van der Waals surface area contributed by atoms with Crippen molar-refractivity contribution in [3.8, 4) is 5.75 Å². The van der Waals surface area contributed by atoms with Gasteiger partial charge < -0.3 is 14.6 Å². The van der Waals surface area contributed by atoms with E-state index in [0.717, 1.165) is 48.6 Å². The highest BCUT2D eigenvalue weighted by molar-refractivity contribution is 5.84. The normalized spacial score (nSPS) is 16.1. The summed E-state index contributed by atoms with van der Waals surface area (Å²) in [6.07, 6.45) is 4.26. The number of hydrogen-bond acceptors (Lipinski definition) is 3. The van der Waals surface area contributed by atoms with Crippen molar-refractivity contribution in [2.24, 2.45) is 0 Å². The van der Waals surface area contributed by atoms with Crippen LogP contribution in [-0.2, 0) is 17.8 Å². The van der Waals surface area contributed by atoms with Gasteiger partial charge in [-0.2, -0.15) is 5.10 Å². The van der Waals surface area contributed by atoms with E-state index in [1.807, 2.05) is 53.6 Å². The number of carbonyl (C=O) groups excluding carboxylic acids is 1. The fourth-order valence-corrected chi connectivity index (χ4v) is 4.31. The van der Waals surface area contributed by atoms with Crippen molar-refractivity contribution >= 4 is 16.8 Å². The molecular formula is C25H26N4O2. The molecule has 0 bridgehead atoms. The molecule has 2 N–H and O–H groups in total. The van der Waals surface area contributed by atoms with Crippen molar-refractivity contribution in [2.45, 2.75) is 31.8 Å². The summed E-state index contributed by atoms with van der Waals surface area (Å²) in [6.45, 7) is 1.98. The smallest absolute Gasteiger partial charge is 0.222 e. The molecule has 1 saturated heterocycles. The summed E-state index contributed by atoms with van der Waals surface area (Å²) in [5.74, 6) is 1.33. The maximum absolute atomic E-state index is 12.8. The number of ether oxygens (including phenoxy) is 1. The first-order valence-corrected chi connectivity index (χ1v) is 10.8. The minimum Gasteiger partial charge on any atom is -0.487 e. The lowest BCUT2D eigenvalue weighted by molar-refractivity contribution is -0.130. The molecule has 6 nitrogen and oxygen atoms in total. The van der Waals surface area contributed by atoms with Crippen LogP contribution in [0.4, 0.5) is 0 Å². The minimum atomic E-state index is 0.218. The van der Waals surface area contributed by atoms with Crippen LogP contribution in [0.15, 0.2) is 66.9 Å². The van der Waals surface area contributed by atoms with Crippen molar-refractivity contribution in [2.75, 3.05) is 13.1 Å². The Bertz CT molecular complexity index is 1160. The number of para-hydroxylation sites is 2. The maximum atomic E-state index is 12.8. The second kappa shape index (κ2) is 8.68. The van der Waals surface area contributed by atoms with E-state index in [1.165, 1.54) is 10.9 Å².